The van der Waals surface area contributed by atoms with Gasteiger partial charge in [-0.2, -0.15) is 30.7 Å². The van der Waals surface area contributed by atoms with Crippen molar-refractivity contribution >= 4 is 33.5 Å². The van der Waals surface area contributed by atoms with Gasteiger partial charge in [0.15, 0.2) is 0 Å². The molecule has 0 atom stereocenters. The molecule has 0 amide bonds. The van der Waals surface area contributed by atoms with Gasteiger partial charge in [0.2, 0.25) is 0 Å². The zero-order chi connectivity index (χ0) is 25.5. The van der Waals surface area contributed by atoms with Crippen LogP contribution in [0.5, 0.6) is 0 Å². The number of nitrogens with one attached hydrogen (secondary N) is 1. The number of hydrogen-bond acceptors (Lipinski definition) is 7. The van der Waals surface area contributed by atoms with Crippen LogP contribution in [-0.4, -0.2) is 14.1 Å². The van der Waals surface area contributed by atoms with Crippen molar-refractivity contribution < 1.29 is 32.7 Å². The Labute approximate surface area is 243 Å². The molecule has 0 saturated heterocycles. The van der Waals surface area contributed by atoms with E-state index < -0.39 is 0 Å². The molecular weight excluding hydrogens is 535 g/mol. The van der Waals surface area contributed by atoms with Gasteiger partial charge in [0, 0.05) is 65.6 Å². The van der Waals surface area contributed by atoms with Crippen LogP contribution in [0.25, 0.3) is 10.8 Å². The van der Waals surface area contributed by atoms with Crippen molar-refractivity contribution in [2.45, 2.75) is 33.9 Å². The molecule has 7 nitrogen and oxygen atoms in total. The largest absolute Gasteiger partial charge is 0.309 e. The van der Waals surface area contributed by atoms with E-state index in [4.69, 9.17) is 0 Å². The molecule has 0 aromatic heterocycles. The predicted octanol–water partition coefficient (Wildman–Crippen LogP) is 8.69. The first kappa shape index (κ1) is 28.6. The molecule has 4 aromatic carbocycles. The van der Waals surface area contributed by atoms with Crippen molar-refractivity contribution in [2.75, 3.05) is 14.1 Å². The molecule has 0 heterocycles. The van der Waals surface area contributed by atoms with Gasteiger partial charge in [-0.25, -0.2) is 0 Å². The molecule has 1 radical (unpaired) electrons. The zero-order valence-corrected chi connectivity index (χ0v) is 24.8. The summed E-state index contributed by atoms with van der Waals surface area (Å²) < 4.78 is 0. The summed E-state index contributed by atoms with van der Waals surface area (Å²) in [4.78, 5) is 0. The number of azo groups is 3. The smallest absolute Gasteiger partial charge is 0.0856 e. The van der Waals surface area contributed by atoms with Crippen molar-refractivity contribution in [1.29, 1.82) is 0 Å². The third kappa shape index (κ3) is 7.28. The molecule has 0 saturated carbocycles. The Bertz CT molecular complexity index is 1440. The summed E-state index contributed by atoms with van der Waals surface area (Å²) >= 11 is 0. The minimum atomic E-state index is 0. The van der Waals surface area contributed by atoms with E-state index in [9.17, 15) is 0 Å². The first-order valence-electron chi connectivity index (χ1n) is 11.9. The van der Waals surface area contributed by atoms with Gasteiger partial charge >= 0.3 is 0 Å². The van der Waals surface area contributed by atoms with Gasteiger partial charge in [-0.1, -0.05) is 49.7 Å². The molecule has 0 aliphatic heterocycles. The van der Waals surface area contributed by atoms with Crippen molar-refractivity contribution in [3.63, 3.8) is 0 Å². The number of fused-ring (bicyclic) bond motifs is 1. The van der Waals surface area contributed by atoms with Gasteiger partial charge in [-0.15, -0.1) is 28.5 Å². The third-order valence-electron chi connectivity index (χ3n) is 5.97. The predicted molar refractivity (Wildman–Crippen MR) is 145 cm³/mol. The molecule has 0 aliphatic rings. The molecule has 0 unspecified atom stereocenters. The molecular formula is C29H30N7Y-. The summed E-state index contributed by atoms with van der Waals surface area (Å²) in [5.41, 5.74) is 8.84. The van der Waals surface area contributed by atoms with Crippen LogP contribution in [-0.2, 0) is 45.8 Å². The molecule has 37 heavy (non-hydrogen) atoms. The van der Waals surface area contributed by atoms with E-state index in [1.54, 1.807) is 14.1 Å². The van der Waals surface area contributed by atoms with Crippen LogP contribution < -0.4 is 5.32 Å². The number of benzene rings is 4. The fraction of sp³-hybridized carbons (Fsp3) is 0.241. The second-order valence-electron chi connectivity index (χ2n) is 8.67. The number of nitrogens with zero attached hydrogens (tertiary/aromatic N) is 6. The molecule has 8 heteroatoms. The fourth-order valence-electron chi connectivity index (χ4n) is 4.10. The Hall–Kier alpha value is -3.00. The fourth-order valence-corrected chi connectivity index (χ4v) is 4.10. The van der Waals surface area contributed by atoms with Crippen molar-refractivity contribution in [1.82, 2.24) is 5.32 Å². The summed E-state index contributed by atoms with van der Waals surface area (Å²) in [5, 5.41) is 30.6. The Morgan fingerprint density at radius 1 is 0.676 bits per heavy atom. The summed E-state index contributed by atoms with van der Waals surface area (Å²) in [7, 11) is 3.34. The Kier molecular flexibility index (Phi) is 10.4. The van der Waals surface area contributed by atoms with Crippen molar-refractivity contribution in [3.8, 4) is 0 Å². The SMILES string of the molecule is CN=Nc1ccc(CNCc2ccc(N=Nc3c(C)cc4cc(C)c(N=NC)[c-]c4c3C)cc2)cc1.[Y]. The first-order chi connectivity index (χ1) is 17.5. The minimum Gasteiger partial charge on any atom is -0.309 e. The average molecular weight is 566 g/mol. The van der Waals surface area contributed by atoms with Gasteiger partial charge in [0.05, 0.1) is 17.1 Å². The third-order valence-corrected chi connectivity index (χ3v) is 5.97. The molecule has 4 rings (SSSR count). The number of rotatable bonds is 8. The molecule has 0 fully saturated rings. The maximum atomic E-state index is 4.60. The van der Waals surface area contributed by atoms with Gasteiger partial charge in [-0.3, -0.25) is 0 Å². The van der Waals surface area contributed by atoms with Crippen LogP contribution in [0.4, 0.5) is 22.7 Å². The Morgan fingerprint density at radius 3 is 1.78 bits per heavy atom. The van der Waals surface area contributed by atoms with Crippen LogP contribution in [0.3, 0.4) is 0 Å². The molecule has 1 N–H and O–H groups in total. The van der Waals surface area contributed by atoms with Crippen LogP contribution in [0.15, 0.2) is 91.3 Å². The van der Waals surface area contributed by atoms with E-state index in [0.717, 1.165) is 63.3 Å². The molecule has 0 aliphatic carbocycles. The molecule has 4 aromatic rings. The zero-order valence-electron chi connectivity index (χ0n) is 21.9. The van der Waals surface area contributed by atoms with Crippen LogP contribution in [0.1, 0.15) is 27.8 Å². The van der Waals surface area contributed by atoms with E-state index >= 15 is 0 Å². The van der Waals surface area contributed by atoms with E-state index in [1.807, 2.05) is 31.2 Å². The van der Waals surface area contributed by atoms with Crippen LogP contribution in [0.2, 0.25) is 0 Å². The van der Waals surface area contributed by atoms with Gasteiger partial charge in [0.1, 0.15) is 0 Å². The van der Waals surface area contributed by atoms with Gasteiger partial charge < -0.3 is 5.32 Å². The standard InChI is InChI=1S/C29H30N7.Y/c1-19-14-24-15-20(2)29(21(3)27(24)16-28(19)35-31-5)36-34-26-12-8-23(9-13-26)18-32-17-22-6-10-25(11-7-22)33-30-4;/h6-15,32H,17-18H2,1-5H3;/q-1;. The summed E-state index contributed by atoms with van der Waals surface area (Å²) in [6.07, 6.45) is 0. The number of hydrogen-bond donors (Lipinski definition) is 1. The Balaban J connectivity index is 0.00000380. The maximum Gasteiger partial charge on any atom is 0.0856 e. The second kappa shape index (κ2) is 13.5. The molecule has 0 bridgehead atoms. The van der Waals surface area contributed by atoms with E-state index in [1.165, 1.54) is 11.1 Å². The van der Waals surface area contributed by atoms with E-state index in [2.05, 4.69) is 92.3 Å². The maximum absolute atomic E-state index is 4.60. The van der Waals surface area contributed by atoms with Crippen LogP contribution >= 0.6 is 0 Å². The van der Waals surface area contributed by atoms with Gasteiger partial charge in [0.25, 0.3) is 0 Å². The quantitative estimate of drug-likeness (QED) is 0.168. The average Bonchev–Trinajstić information content (AvgIpc) is 2.87. The summed E-state index contributed by atoms with van der Waals surface area (Å²) in [6.45, 7) is 7.69. The van der Waals surface area contributed by atoms with Crippen LogP contribution in [0, 0.1) is 26.8 Å². The molecule has 0 spiro atoms. The Morgan fingerprint density at radius 2 is 1.22 bits per heavy atom. The number of aryl methyl sites for hydroxylation is 3. The van der Waals surface area contributed by atoms with Crippen molar-refractivity contribution in [2.24, 2.45) is 30.7 Å². The summed E-state index contributed by atoms with van der Waals surface area (Å²) in [6, 6.07) is 23.8. The van der Waals surface area contributed by atoms with Crippen molar-refractivity contribution in [3.05, 3.63) is 94.5 Å². The van der Waals surface area contributed by atoms with E-state index in [0.29, 0.717) is 0 Å². The minimum absolute atomic E-state index is 0. The normalized spacial score (nSPS) is 11.7. The monoisotopic (exact) mass is 565 g/mol. The van der Waals surface area contributed by atoms with E-state index in [-0.39, 0.29) is 32.7 Å². The molecule has 185 valence electrons. The van der Waals surface area contributed by atoms with Gasteiger partial charge in [-0.05, 0) is 47.9 Å². The summed E-state index contributed by atoms with van der Waals surface area (Å²) in [5.74, 6) is 0. The second-order valence-corrected chi connectivity index (χ2v) is 8.67. The topological polar surface area (TPSA) is 86.2 Å². The first-order valence-corrected chi connectivity index (χ1v) is 11.9.